The molecule has 0 aliphatic carbocycles. The first-order valence-corrected chi connectivity index (χ1v) is 9.46. The summed E-state index contributed by atoms with van der Waals surface area (Å²) >= 11 is 0. The van der Waals surface area contributed by atoms with E-state index >= 15 is 0 Å². The quantitative estimate of drug-likeness (QED) is 0.731. The summed E-state index contributed by atoms with van der Waals surface area (Å²) in [6.07, 6.45) is 0.791. The standard InChI is InChI=1S/C20H27FNO3P/c1-7-20(2,15-11-14(24-5)12-17(25-6)19(15)23)26-18-9-8-13(21)10-16(18)22(3)4/h8-12,23,26H,7H2,1-6H3. The van der Waals surface area contributed by atoms with Crippen molar-refractivity contribution in [1.82, 2.24) is 0 Å². The molecular formula is C20H27FNO3P. The van der Waals surface area contributed by atoms with Gasteiger partial charge in [-0.15, -0.1) is 0 Å². The molecule has 0 saturated heterocycles. The molecule has 2 aromatic rings. The van der Waals surface area contributed by atoms with Crippen molar-refractivity contribution in [3.8, 4) is 17.2 Å². The molecule has 0 radical (unpaired) electrons. The molecular weight excluding hydrogens is 352 g/mol. The number of phenols is 1. The van der Waals surface area contributed by atoms with Gasteiger partial charge in [0, 0.05) is 36.6 Å². The Kier molecular flexibility index (Phi) is 6.35. The fourth-order valence-corrected chi connectivity index (χ4v) is 4.59. The molecule has 2 unspecified atom stereocenters. The molecule has 0 aliphatic heterocycles. The highest BCUT2D eigenvalue weighted by molar-refractivity contribution is 7.49. The lowest BCUT2D eigenvalue weighted by atomic mass is 9.95. The van der Waals surface area contributed by atoms with Crippen LogP contribution in [0, 0.1) is 5.82 Å². The topological polar surface area (TPSA) is 41.9 Å². The zero-order valence-corrected chi connectivity index (χ0v) is 17.2. The number of hydrogen-bond acceptors (Lipinski definition) is 4. The molecule has 0 heterocycles. The smallest absolute Gasteiger partial charge is 0.164 e. The fraction of sp³-hybridized carbons (Fsp3) is 0.400. The zero-order valence-electron chi connectivity index (χ0n) is 16.2. The summed E-state index contributed by atoms with van der Waals surface area (Å²) in [4.78, 5) is 1.91. The van der Waals surface area contributed by atoms with Crippen molar-refractivity contribution in [3.63, 3.8) is 0 Å². The lowest BCUT2D eigenvalue weighted by Gasteiger charge is -2.32. The molecule has 0 saturated carbocycles. The summed E-state index contributed by atoms with van der Waals surface area (Å²) < 4.78 is 24.4. The van der Waals surface area contributed by atoms with Crippen molar-refractivity contribution < 1.29 is 19.0 Å². The van der Waals surface area contributed by atoms with E-state index in [-0.39, 0.29) is 16.7 Å². The van der Waals surface area contributed by atoms with E-state index in [0.717, 1.165) is 23.0 Å². The molecule has 0 fully saturated rings. The summed E-state index contributed by atoms with van der Waals surface area (Å²) in [6, 6.07) is 8.38. The Morgan fingerprint density at radius 2 is 1.85 bits per heavy atom. The van der Waals surface area contributed by atoms with Gasteiger partial charge in [-0.1, -0.05) is 22.4 Å². The van der Waals surface area contributed by atoms with Crippen LogP contribution in [0.25, 0.3) is 0 Å². The van der Waals surface area contributed by atoms with Gasteiger partial charge in [-0.25, -0.2) is 4.39 Å². The highest BCUT2D eigenvalue weighted by Gasteiger charge is 2.31. The maximum Gasteiger partial charge on any atom is 0.164 e. The second kappa shape index (κ2) is 8.13. The number of aromatic hydroxyl groups is 1. The maximum atomic E-state index is 13.7. The van der Waals surface area contributed by atoms with Crippen LogP contribution in [0.1, 0.15) is 25.8 Å². The predicted molar refractivity (Wildman–Crippen MR) is 108 cm³/mol. The molecule has 4 nitrogen and oxygen atoms in total. The monoisotopic (exact) mass is 379 g/mol. The van der Waals surface area contributed by atoms with E-state index in [2.05, 4.69) is 13.8 Å². The van der Waals surface area contributed by atoms with Gasteiger partial charge in [0.15, 0.2) is 11.5 Å². The Labute approximate surface area is 156 Å². The van der Waals surface area contributed by atoms with Crippen LogP contribution in [0.4, 0.5) is 10.1 Å². The highest BCUT2D eigenvalue weighted by atomic mass is 31.1. The van der Waals surface area contributed by atoms with Crippen LogP contribution in [0.3, 0.4) is 0 Å². The lowest BCUT2D eigenvalue weighted by Crippen LogP contribution is -2.23. The molecule has 142 valence electrons. The lowest BCUT2D eigenvalue weighted by molar-refractivity contribution is 0.357. The minimum Gasteiger partial charge on any atom is -0.504 e. The van der Waals surface area contributed by atoms with E-state index in [1.807, 2.05) is 31.1 Å². The molecule has 6 heteroatoms. The fourth-order valence-electron chi connectivity index (χ4n) is 2.90. The molecule has 0 amide bonds. The first-order chi connectivity index (χ1) is 12.3. The van der Waals surface area contributed by atoms with Crippen LogP contribution in [0.5, 0.6) is 17.2 Å². The van der Waals surface area contributed by atoms with Crippen molar-refractivity contribution >= 4 is 19.6 Å². The van der Waals surface area contributed by atoms with Gasteiger partial charge in [0.2, 0.25) is 0 Å². The van der Waals surface area contributed by atoms with E-state index in [1.165, 1.54) is 13.2 Å². The summed E-state index contributed by atoms with van der Waals surface area (Å²) in [5.41, 5.74) is 1.61. The van der Waals surface area contributed by atoms with Crippen molar-refractivity contribution in [3.05, 3.63) is 41.7 Å². The Morgan fingerprint density at radius 3 is 2.38 bits per heavy atom. The number of benzene rings is 2. The average Bonchev–Trinajstić information content (AvgIpc) is 2.63. The minimum atomic E-state index is -0.353. The summed E-state index contributed by atoms with van der Waals surface area (Å²) in [7, 11) is 7.24. The molecule has 1 N–H and O–H groups in total. The largest absolute Gasteiger partial charge is 0.504 e. The number of halogens is 1. The van der Waals surface area contributed by atoms with E-state index in [9.17, 15) is 9.50 Å². The van der Waals surface area contributed by atoms with Gasteiger partial charge in [-0.3, -0.25) is 0 Å². The zero-order chi connectivity index (χ0) is 19.5. The Balaban J connectivity index is 2.57. The van der Waals surface area contributed by atoms with Crippen LogP contribution in [0.15, 0.2) is 30.3 Å². The second-order valence-electron chi connectivity index (χ2n) is 6.59. The average molecular weight is 379 g/mol. The Morgan fingerprint density at radius 1 is 1.15 bits per heavy atom. The molecule has 0 aliphatic rings. The molecule has 2 atom stereocenters. The molecule has 0 spiro atoms. The Bertz CT molecular complexity index is 782. The number of methoxy groups -OCH3 is 2. The number of hydrogen-bond donors (Lipinski definition) is 1. The highest BCUT2D eigenvalue weighted by Crippen LogP contribution is 2.51. The van der Waals surface area contributed by atoms with Gasteiger partial charge in [0.05, 0.1) is 14.2 Å². The third-order valence-electron chi connectivity index (χ3n) is 4.66. The molecule has 0 aromatic heterocycles. The second-order valence-corrected chi connectivity index (χ2v) is 8.48. The van der Waals surface area contributed by atoms with E-state index in [0.29, 0.717) is 20.1 Å². The van der Waals surface area contributed by atoms with Gasteiger partial charge >= 0.3 is 0 Å². The summed E-state index contributed by atoms with van der Waals surface area (Å²) in [5, 5.41) is 11.4. The van der Waals surface area contributed by atoms with Crippen molar-refractivity contribution in [2.75, 3.05) is 33.2 Å². The molecule has 26 heavy (non-hydrogen) atoms. The first-order valence-electron chi connectivity index (χ1n) is 8.46. The van der Waals surface area contributed by atoms with Crippen LogP contribution in [-0.2, 0) is 5.16 Å². The van der Waals surface area contributed by atoms with E-state index in [4.69, 9.17) is 9.47 Å². The van der Waals surface area contributed by atoms with Crippen LogP contribution >= 0.6 is 8.58 Å². The SMILES string of the molecule is CCC(C)(Pc1ccc(F)cc1N(C)C)c1cc(OC)cc(OC)c1O. The van der Waals surface area contributed by atoms with Gasteiger partial charge in [0.1, 0.15) is 11.6 Å². The van der Waals surface area contributed by atoms with Crippen molar-refractivity contribution in [2.45, 2.75) is 25.4 Å². The normalized spacial score (nSPS) is 13.7. The van der Waals surface area contributed by atoms with E-state index in [1.54, 1.807) is 19.2 Å². The number of rotatable bonds is 7. The predicted octanol–water partition coefficient (Wildman–Crippen LogP) is 4.24. The number of nitrogens with zero attached hydrogens (tertiary/aromatic N) is 1. The third kappa shape index (κ3) is 4.04. The van der Waals surface area contributed by atoms with E-state index < -0.39 is 0 Å². The van der Waals surface area contributed by atoms with Gasteiger partial charge in [0.25, 0.3) is 0 Å². The van der Waals surface area contributed by atoms with Gasteiger partial charge in [-0.2, -0.15) is 0 Å². The maximum absolute atomic E-state index is 13.7. The van der Waals surface area contributed by atoms with Crippen LogP contribution in [-0.4, -0.2) is 33.4 Å². The van der Waals surface area contributed by atoms with Crippen LogP contribution in [0.2, 0.25) is 0 Å². The van der Waals surface area contributed by atoms with Gasteiger partial charge < -0.3 is 19.5 Å². The number of phenolic OH excluding ortho intramolecular Hbond substituents is 1. The summed E-state index contributed by atoms with van der Waals surface area (Å²) in [5.74, 6) is 0.881. The molecule has 2 aromatic carbocycles. The third-order valence-corrected chi connectivity index (χ3v) is 6.52. The van der Waals surface area contributed by atoms with Crippen LogP contribution < -0.4 is 19.7 Å². The minimum absolute atomic E-state index is 0.124. The molecule has 2 rings (SSSR count). The molecule has 0 bridgehead atoms. The number of ether oxygens (including phenoxy) is 2. The number of anilines is 1. The summed E-state index contributed by atoms with van der Waals surface area (Å²) in [6.45, 7) is 4.18. The van der Waals surface area contributed by atoms with Crippen molar-refractivity contribution in [2.24, 2.45) is 0 Å². The first kappa shape index (κ1) is 20.3. The van der Waals surface area contributed by atoms with Gasteiger partial charge in [-0.05, 0) is 36.0 Å². The van der Waals surface area contributed by atoms with Crippen molar-refractivity contribution in [1.29, 1.82) is 0 Å². The Hall–Kier alpha value is -2.00.